The molecule has 1 unspecified atom stereocenters. The van der Waals surface area contributed by atoms with Gasteiger partial charge in [0.1, 0.15) is 6.10 Å². The highest BCUT2D eigenvalue weighted by Crippen LogP contribution is 2.65. The van der Waals surface area contributed by atoms with Crippen LogP contribution in [0.15, 0.2) is 24.3 Å². The van der Waals surface area contributed by atoms with E-state index in [-0.39, 0.29) is 11.1 Å². The summed E-state index contributed by atoms with van der Waals surface area (Å²) in [6.45, 7) is 1.40. The van der Waals surface area contributed by atoms with E-state index >= 15 is 0 Å². The Morgan fingerprint density at radius 3 is 1.68 bits per heavy atom. The van der Waals surface area contributed by atoms with Crippen LogP contribution in [-0.4, -0.2) is 12.5 Å². The summed E-state index contributed by atoms with van der Waals surface area (Å²) in [6, 6.07) is 6.20. The minimum Gasteiger partial charge on any atom is -0.228 e. The fourth-order valence-corrected chi connectivity index (χ4v) is 3.99. The van der Waals surface area contributed by atoms with E-state index in [9.17, 15) is 5.11 Å². The van der Waals surface area contributed by atoms with Crippen molar-refractivity contribution in [2.75, 3.05) is 0 Å². The fourth-order valence-electron chi connectivity index (χ4n) is 1.68. The van der Waals surface area contributed by atoms with Gasteiger partial charge < -0.3 is 0 Å². The molecule has 1 rings (SSSR count). The highest BCUT2D eigenvalue weighted by Gasteiger charge is 2.68. The molecule has 1 aromatic carbocycles. The molecule has 0 saturated carbocycles. The van der Waals surface area contributed by atoms with E-state index < -0.39 is 22.9 Å². The predicted molar refractivity (Wildman–Crippen MR) is 98.1 cm³/mol. The first-order chi connectivity index (χ1) is 9.68. The molecule has 10 heteroatoms. The fraction of sp³-hybridized carbons (Fsp3) is 0.500. The zero-order valence-corrected chi connectivity index (χ0v) is 17.5. The van der Waals surface area contributed by atoms with Gasteiger partial charge in [0.25, 0.3) is 0 Å². The predicted octanol–water partition coefficient (Wildman–Crippen LogP) is 7.53. The topological polar surface area (TPSA) is 19.9 Å². The Kier molecular flexibility index (Phi) is 7.14. The van der Waals surface area contributed by atoms with Crippen molar-refractivity contribution in [1.29, 1.82) is 0 Å². The molecule has 0 aliphatic carbocycles. The van der Waals surface area contributed by atoms with Gasteiger partial charge in [-0.1, -0.05) is 129 Å². The second-order valence-electron chi connectivity index (χ2n) is 4.45. The van der Waals surface area contributed by atoms with Crippen LogP contribution in [0.5, 0.6) is 0 Å². The Labute approximate surface area is 173 Å². The van der Waals surface area contributed by atoms with Gasteiger partial charge in [0, 0.05) is 0 Å². The summed E-state index contributed by atoms with van der Waals surface area (Å²) in [5.41, 5.74) is 0.373. The minimum atomic E-state index is -2.39. The van der Waals surface area contributed by atoms with Crippen LogP contribution < -0.4 is 0 Å². The Bertz CT molecular complexity index is 534. The number of hydrogen-bond donors (Lipinski definition) is 0. The molecule has 1 aromatic rings. The number of hydrogen-bond acceptors (Lipinski definition) is 0. The zero-order chi connectivity index (χ0) is 17.6. The van der Waals surface area contributed by atoms with Gasteiger partial charge in [0.05, 0.1) is 0 Å². The van der Waals surface area contributed by atoms with E-state index in [2.05, 4.69) is 0 Å². The SMILES string of the molecule is CC([O])c1ccccc1C(Cl)(Cl)C(Cl)(Cl)C(Cl)(Cl)C(Cl)(Cl)Cl. The van der Waals surface area contributed by atoms with Crippen molar-refractivity contribution in [3.05, 3.63) is 35.4 Å². The van der Waals surface area contributed by atoms with E-state index in [0.717, 1.165) is 0 Å². The molecule has 0 fully saturated rings. The number of benzene rings is 1. The summed E-state index contributed by atoms with van der Waals surface area (Å²) in [5.74, 6) is 0. The lowest BCUT2D eigenvalue weighted by atomic mass is 9.97. The maximum absolute atomic E-state index is 11.8. The first-order valence-electron chi connectivity index (χ1n) is 5.63. The van der Waals surface area contributed by atoms with E-state index in [1.807, 2.05) is 0 Å². The summed E-state index contributed by atoms with van der Waals surface area (Å²) < 4.78 is -9.22. The molecule has 0 spiro atoms. The van der Waals surface area contributed by atoms with Gasteiger partial charge in [-0.25, -0.2) is 5.11 Å². The van der Waals surface area contributed by atoms with E-state index in [1.165, 1.54) is 19.1 Å². The smallest absolute Gasteiger partial charge is 0.226 e. The third-order valence-corrected chi connectivity index (χ3v) is 8.33. The van der Waals surface area contributed by atoms with Gasteiger partial charge in [0.2, 0.25) is 8.13 Å². The maximum Gasteiger partial charge on any atom is 0.226 e. The Morgan fingerprint density at radius 2 is 1.27 bits per heavy atom. The summed E-state index contributed by atoms with van der Waals surface area (Å²) >= 11 is 54.2. The van der Waals surface area contributed by atoms with Crippen LogP contribution in [0.1, 0.15) is 24.2 Å². The molecule has 0 aliphatic rings. The molecule has 22 heavy (non-hydrogen) atoms. The van der Waals surface area contributed by atoms with Crippen molar-refractivity contribution in [2.24, 2.45) is 0 Å². The van der Waals surface area contributed by atoms with Crippen molar-refractivity contribution in [1.82, 2.24) is 0 Å². The van der Waals surface area contributed by atoms with Crippen LogP contribution in [0.2, 0.25) is 0 Å². The van der Waals surface area contributed by atoms with Crippen LogP contribution in [0.25, 0.3) is 0 Å². The van der Waals surface area contributed by atoms with Gasteiger partial charge in [-0.05, 0) is 18.1 Å². The lowest BCUT2D eigenvalue weighted by Crippen LogP contribution is -2.55. The molecular weight excluding hydrogens is 479 g/mol. The summed E-state index contributed by atoms with van der Waals surface area (Å²) in [6.07, 6.45) is -1.16. The normalized spacial score (nSPS) is 15.8. The van der Waals surface area contributed by atoms with E-state index in [1.54, 1.807) is 12.1 Å². The molecule has 0 saturated heterocycles. The summed E-state index contributed by atoms with van der Waals surface area (Å²) in [7, 11) is 0. The monoisotopic (exact) mass is 483 g/mol. The molecule has 0 aliphatic heterocycles. The molecule has 0 amide bonds. The van der Waals surface area contributed by atoms with Crippen LogP contribution in [0.3, 0.4) is 0 Å². The molecule has 1 radical (unpaired) electrons. The van der Waals surface area contributed by atoms with Crippen molar-refractivity contribution < 1.29 is 5.11 Å². The van der Waals surface area contributed by atoms with Crippen LogP contribution in [0.4, 0.5) is 0 Å². The molecule has 1 nitrogen and oxygen atoms in total. The molecule has 0 bridgehead atoms. The van der Waals surface area contributed by atoms with Gasteiger partial charge >= 0.3 is 0 Å². The number of halogens is 9. The molecule has 125 valence electrons. The quantitative estimate of drug-likeness (QED) is 0.392. The van der Waals surface area contributed by atoms with Crippen LogP contribution in [0, 0.1) is 0 Å². The number of alkyl halides is 9. The van der Waals surface area contributed by atoms with Crippen molar-refractivity contribution in [3.8, 4) is 0 Å². The standard InChI is InChI=1S/C12H8Cl9O/c1-6(22)7-4-2-3-5-8(7)9(13,14)10(15,16)11(17,18)12(19,20)21/h2-6H,1H3. The molecular formula is C12H8Cl9O. The Morgan fingerprint density at radius 1 is 0.818 bits per heavy atom. The highest BCUT2D eigenvalue weighted by molar-refractivity contribution is 6.80. The van der Waals surface area contributed by atoms with Crippen LogP contribution in [-0.2, 0) is 9.44 Å². The lowest BCUT2D eigenvalue weighted by molar-refractivity contribution is 0.105. The van der Waals surface area contributed by atoms with Crippen molar-refractivity contribution >= 4 is 104 Å². The Balaban J connectivity index is 3.53. The Hall–Kier alpha value is 1.79. The highest BCUT2D eigenvalue weighted by atomic mass is 35.6. The maximum atomic E-state index is 11.8. The molecule has 0 heterocycles. The summed E-state index contributed by atoms with van der Waals surface area (Å²) in [4.78, 5) is 0. The second kappa shape index (κ2) is 7.19. The largest absolute Gasteiger partial charge is 0.228 e. The number of rotatable bonds is 4. The minimum absolute atomic E-state index is 0.116. The third kappa shape index (κ3) is 3.80. The first-order valence-corrected chi connectivity index (χ1v) is 9.03. The average Bonchev–Trinajstić information content (AvgIpc) is 2.36. The van der Waals surface area contributed by atoms with Gasteiger partial charge in [-0.2, -0.15) is 0 Å². The van der Waals surface area contributed by atoms with Crippen molar-refractivity contribution in [2.45, 2.75) is 29.8 Å². The molecule has 0 N–H and O–H groups in total. The van der Waals surface area contributed by atoms with Gasteiger partial charge in [-0.3, -0.25) is 0 Å². The summed E-state index contributed by atoms with van der Waals surface area (Å²) in [5, 5.41) is 11.8. The van der Waals surface area contributed by atoms with Crippen LogP contribution >= 0.6 is 104 Å². The van der Waals surface area contributed by atoms with E-state index in [4.69, 9.17) is 104 Å². The average molecular weight is 487 g/mol. The lowest BCUT2D eigenvalue weighted by Gasteiger charge is -2.44. The van der Waals surface area contributed by atoms with Crippen molar-refractivity contribution in [3.63, 3.8) is 0 Å². The van der Waals surface area contributed by atoms with Gasteiger partial charge in [0.15, 0.2) is 8.67 Å². The van der Waals surface area contributed by atoms with E-state index in [0.29, 0.717) is 0 Å². The zero-order valence-electron chi connectivity index (χ0n) is 10.7. The second-order valence-corrected chi connectivity index (χ2v) is 10.7. The molecule has 1 atom stereocenters. The first kappa shape index (κ1) is 21.8. The molecule has 0 aromatic heterocycles. The van der Waals surface area contributed by atoms with Gasteiger partial charge in [-0.15, -0.1) is 0 Å². The third-order valence-electron chi connectivity index (χ3n) is 2.88.